The number of benzene rings is 1. The summed E-state index contributed by atoms with van der Waals surface area (Å²) in [5.41, 5.74) is -0.247. The zero-order chi connectivity index (χ0) is 15.3. The SMILES string of the molecule is O=C(CC1CSCCN1)NCc1cccc(C(F)(F)F)c1. The van der Waals surface area contributed by atoms with Crippen molar-refractivity contribution in [3.05, 3.63) is 35.4 Å². The summed E-state index contributed by atoms with van der Waals surface area (Å²) in [7, 11) is 0. The van der Waals surface area contributed by atoms with Crippen LogP contribution in [0.5, 0.6) is 0 Å². The Labute approximate surface area is 125 Å². The molecule has 0 bridgehead atoms. The van der Waals surface area contributed by atoms with Crippen molar-refractivity contribution >= 4 is 17.7 Å². The second-order valence-electron chi connectivity index (χ2n) is 4.90. The van der Waals surface area contributed by atoms with Gasteiger partial charge in [-0.3, -0.25) is 4.79 Å². The van der Waals surface area contributed by atoms with E-state index in [2.05, 4.69) is 10.6 Å². The minimum Gasteiger partial charge on any atom is -0.352 e. The fourth-order valence-electron chi connectivity index (χ4n) is 2.11. The van der Waals surface area contributed by atoms with Crippen molar-refractivity contribution in [1.82, 2.24) is 10.6 Å². The van der Waals surface area contributed by atoms with Gasteiger partial charge in [-0.2, -0.15) is 24.9 Å². The Morgan fingerprint density at radius 3 is 2.90 bits per heavy atom. The van der Waals surface area contributed by atoms with E-state index in [9.17, 15) is 18.0 Å². The number of carbonyl (C=O) groups excluding carboxylic acids is 1. The molecule has 1 unspecified atom stereocenters. The number of nitrogens with one attached hydrogen (secondary N) is 2. The number of carbonyl (C=O) groups is 1. The predicted molar refractivity (Wildman–Crippen MR) is 77.0 cm³/mol. The van der Waals surface area contributed by atoms with Crippen molar-refractivity contribution in [3.8, 4) is 0 Å². The molecule has 2 rings (SSSR count). The molecule has 1 fully saturated rings. The molecular weight excluding hydrogens is 301 g/mol. The number of hydrogen-bond acceptors (Lipinski definition) is 3. The molecule has 21 heavy (non-hydrogen) atoms. The van der Waals surface area contributed by atoms with E-state index in [0.717, 1.165) is 30.2 Å². The van der Waals surface area contributed by atoms with Gasteiger partial charge in [0.15, 0.2) is 0 Å². The van der Waals surface area contributed by atoms with Crippen LogP contribution < -0.4 is 10.6 Å². The highest BCUT2D eigenvalue weighted by atomic mass is 32.2. The topological polar surface area (TPSA) is 41.1 Å². The van der Waals surface area contributed by atoms with E-state index in [1.165, 1.54) is 6.07 Å². The molecule has 1 aliphatic heterocycles. The van der Waals surface area contributed by atoms with Crippen molar-refractivity contribution < 1.29 is 18.0 Å². The number of amides is 1. The zero-order valence-electron chi connectivity index (χ0n) is 11.4. The van der Waals surface area contributed by atoms with Crippen LogP contribution in [0.2, 0.25) is 0 Å². The molecule has 1 amide bonds. The molecule has 0 aliphatic carbocycles. The van der Waals surface area contributed by atoms with Gasteiger partial charge in [0.1, 0.15) is 0 Å². The van der Waals surface area contributed by atoms with Crippen LogP contribution in [0.1, 0.15) is 17.5 Å². The normalized spacial score (nSPS) is 19.3. The molecule has 0 spiro atoms. The van der Waals surface area contributed by atoms with Gasteiger partial charge < -0.3 is 10.6 Å². The highest BCUT2D eigenvalue weighted by Gasteiger charge is 2.30. The van der Waals surface area contributed by atoms with Crippen LogP contribution in [-0.4, -0.2) is 30.0 Å². The first-order valence-corrected chi connectivity index (χ1v) is 7.84. The van der Waals surface area contributed by atoms with Crippen molar-refractivity contribution in [2.45, 2.75) is 25.2 Å². The largest absolute Gasteiger partial charge is 0.416 e. The number of thioether (sulfide) groups is 1. The maximum absolute atomic E-state index is 12.6. The number of halogens is 3. The lowest BCUT2D eigenvalue weighted by molar-refractivity contribution is -0.137. The third kappa shape index (κ3) is 5.24. The van der Waals surface area contributed by atoms with Crippen molar-refractivity contribution in [1.29, 1.82) is 0 Å². The third-order valence-electron chi connectivity index (χ3n) is 3.17. The number of alkyl halides is 3. The minimum absolute atomic E-state index is 0.114. The fourth-order valence-corrected chi connectivity index (χ4v) is 3.05. The maximum atomic E-state index is 12.6. The Kier molecular flexibility index (Phi) is 5.52. The van der Waals surface area contributed by atoms with E-state index in [4.69, 9.17) is 0 Å². The molecule has 0 aromatic heterocycles. The van der Waals surface area contributed by atoms with Crippen molar-refractivity contribution in [2.24, 2.45) is 0 Å². The highest BCUT2D eigenvalue weighted by Crippen LogP contribution is 2.29. The molecular formula is C14H17F3N2OS. The Morgan fingerprint density at radius 2 is 2.24 bits per heavy atom. The summed E-state index contributed by atoms with van der Waals surface area (Å²) in [5.74, 6) is 1.78. The second-order valence-corrected chi connectivity index (χ2v) is 6.05. The molecule has 116 valence electrons. The van der Waals surface area contributed by atoms with Crippen LogP contribution in [0.3, 0.4) is 0 Å². The van der Waals surface area contributed by atoms with E-state index >= 15 is 0 Å². The maximum Gasteiger partial charge on any atom is 0.416 e. The molecule has 1 aliphatic rings. The first kappa shape index (κ1) is 16.2. The van der Waals surface area contributed by atoms with Gasteiger partial charge in [0, 0.05) is 37.1 Å². The van der Waals surface area contributed by atoms with Crippen molar-refractivity contribution in [3.63, 3.8) is 0 Å². The quantitative estimate of drug-likeness (QED) is 0.896. The Balaban J connectivity index is 1.83. The van der Waals surface area contributed by atoms with Crippen molar-refractivity contribution in [2.75, 3.05) is 18.1 Å². The lowest BCUT2D eigenvalue weighted by Gasteiger charge is -2.22. The highest BCUT2D eigenvalue weighted by molar-refractivity contribution is 7.99. The molecule has 2 N–H and O–H groups in total. The van der Waals surface area contributed by atoms with E-state index in [1.807, 2.05) is 0 Å². The fraction of sp³-hybridized carbons (Fsp3) is 0.500. The molecule has 1 atom stereocenters. The first-order valence-electron chi connectivity index (χ1n) is 6.69. The summed E-state index contributed by atoms with van der Waals surface area (Å²) in [6, 6.07) is 5.16. The van der Waals surface area contributed by atoms with E-state index in [0.29, 0.717) is 12.0 Å². The van der Waals surface area contributed by atoms with Gasteiger partial charge in [-0.05, 0) is 17.7 Å². The molecule has 1 aromatic carbocycles. The van der Waals surface area contributed by atoms with E-state index < -0.39 is 11.7 Å². The monoisotopic (exact) mass is 318 g/mol. The Morgan fingerprint density at radius 1 is 1.43 bits per heavy atom. The Hall–Kier alpha value is -1.21. The molecule has 1 aromatic rings. The summed E-state index contributed by atoms with van der Waals surface area (Å²) in [5, 5.41) is 5.92. The zero-order valence-corrected chi connectivity index (χ0v) is 12.2. The van der Waals surface area contributed by atoms with Crippen LogP contribution in [0.15, 0.2) is 24.3 Å². The molecule has 1 saturated heterocycles. The molecule has 1 heterocycles. The van der Waals surface area contributed by atoms with E-state index in [1.54, 1.807) is 17.8 Å². The van der Waals surface area contributed by atoms with Gasteiger partial charge in [0.25, 0.3) is 0 Å². The van der Waals surface area contributed by atoms with Gasteiger partial charge in [0.05, 0.1) is 5.56 Å². The van der Waals surface area contributed by atoms with Crippen LogP contribution in [0.25, 0.3) is 0 Å². The lowest BCUT2D eigenvalue weighted by atomic mass is 10.1. The first-order chi connectivity index (χ1) is 9.95. The van der Waals surface area contributed by atoms with Crippen LogP contribution in [0.4, 0.5) is 13.2 Å². The Bertz CT molecular complexity index is 487. The standard InChI is InChI=1S/C14H17F3N2OS/c15-14(16,17)11-3-1-2-10(6-11)8-19-13(20)7-12-9-21-5-4-18-12/h1-3,6,12,18H,4-5,7-9H2,(H,19,20). The minimum atomic E-state index is -4.36. The number of rotatable bonds is 4. The molecule has 3 nitrogen and oxygen atoms in total. The van der Waals surface area contributed by atoms with Crippen LogP contribution >= 0.6 is 11.8 Å². The summed E-state index contributed by atoms with van der Waals surface area (Å²) in [4.78, 5) is 11.8. The second kappa shape index (κ2) is 7.17. The molecule has 0 radical (unpaired) electrons. The van der Waals surface area contributed by atoms with Gasteiger partial charge in [0.2, 0.25) is 5.91 Å². The number of hydrogen-bond donors (Lipinski definition) is 2. The smallest absolute Gasteiger partial charge is 0.352 e. The van der Waals surface area contributed by atoms with Crippen LogP contribution in [0, 0.1) is 0 Å². The third-order valence-corrected chi connectivity index (χ3v) is 4.31. The average molecular weight is 318 g/mol. The predicted octanol–water partition coefficient (Wildman–Crippen LogP) is 2.42. The van der Waals surface area contributed by atoms with Gasteiger partial charge >= 0.3 is 6.18 Å². The average Bonchev–Trinajstić information content (AvgIpc) is 2.46. The summed E-state index contributed by atoms with van der Waals surface area (Å²) in [6.07, 6.45) is -4.00. The summed E-state index contributed by atoms with van der Waals surface area (Å²) >= 11 is 1.80. The van der Waals surface area contributed by atoms with Gasteiger partial charge in [-0.1, -0.05) is 12.1 Å². The van der Waals surface area contributed by atoms with Crippen LogP contribution in [-0.2, 0) is 17.5 Å². The molecule has 7 heteroatoms. The lowest BCUT2D eigenvalue weighted by Crippen LogP contribution is -2.41. The summed E-state index contributed by atoms with van der Waals surface area (Å²) in [6.45, 7) is 0.999. The molecule has 0 saturated carbocycles. The van der Waals surface area contributed by atoms with Gasteiger partial charge in [-0.25, -0.2) is 0 Å². The van der Waals surface area contributed by atoms with E-state index in [-0.39, 0.29) is 18.5 Å². The summed E-state index contributed by atoms with van der Waals surface area (Å²) < 4.78 is 37.7. The van der Waals surface area contributed by atoms with Gasteiger partial charge in [-0.15, -0.1) is 0 Å².